The van der Waals surface area contributed by atoms with Gasteiger partial charge in [-0.3, -0.25) is 0 Å². The molecule has 1 aromatic rings. The molecular formula is C15H15FN2O. The molecule has 1 aliphatic carbocycles. The number of aromatic nitrogens is 1. The van der Waals surface area contributed by atoms with Crippen molar-refractivity contribution < 1.29 is 9.23 Å². The summed E-state index contributed by atoms with van der Waals surface area (Å²) in [6, 6.07) is 5.64. The summed E-state index contributed by atoms with van der Waals surface area (Å²) in [7, 11) is 0. The van der Waals surface area contributed by atoms with E-state index >= 15 is 0 Å². The molecule has 0 bridgehead atoms. The van der Waals surface area contributed by atoms with E-state index < -0.39 is 6.67 Å². The Kier molecular flexibility index (Phi) is 5.12. The molecule has 3 nitrogen and oxygen atoms in total. The Morgan fingerprint density at radius 3 is 3.05 bits per heavy atom. The van der Waals surface area contributed by atoms with Crippen LogP contribution < -0.4 is 0 Å². The lowest BCUT2D eigenvalue weighted by Gasteiger charge is -2.09. The van der Waals surface area contributed by atoms with Gasteiger partial charge in [0.15, 0.2) is 0 Å². The van der Waals surface area contributed by atoms with Crippen LogP contribution in [0.25, 0.3) is 0 Å². The molecule has 98 valence electrons. The summed E-state index contributed by atoms with van der Waals surface area (Å²) < 4.78 is 11.9. The first-order valence-corrected chi connectivity index (χ1v) is 6.27. The van der Waals surface area contributed by atoms with Gasteiger partial charge >= 0.3 is 0 Å². The normalized spacial score (nSPS) is 16.5. The lowest BCUT2D eigenvalue weighted by molar-refractivity contribution is 0.127. The molecule has 1 heterocycles. The number of nitrogens with zero attached hydrogens (tertiary/aromatic N) is 2. The van der Waals surface area contributed by atoms with Gasteiger partial charge < -0.3 is 4.84 Å². The number of alkyl halides is 1. The molecule has 0 atom stereocenters. The molecule has 1 aromatic heterocycles. The summed E-state index contributed by atoms with van der Waals surface area (Å²) in [5, 5.41) is 3.90. The van der Waals surface area contributed by atoms with Crippen molar-refractivity contribution in [1.29, 1.82) is 0 Å². The van der Waals surface area contributed by atoms with Crippen molar-refractivity contribution in [2.75, 3.05) is 13.3 Å². The van der Waals surface area contributed by atoms with Crippen LogP contribution in [0.1, 0.15) is 25.0 Å². The third kappa shape index (κ3) is 4.55. The van der Waals surface area contributed by atoms with E-state index in [0.717, 1.165) is 36.2 Å². The predicted molar refractivity (Wildman–Crippen MR) is 72.4 cm³/mol. The Bertz CT molecular complexity index is 526. The zero-order valence-corrected chi connectivity index (χ0v) is 10.6. The summed E-state index contributed by atoms with van der Waals surface area (Å²) in [6.07, 6.45) is 6.40. The second-order valence-electron chi connectivity index (χ2n) is 4.09. The zero-order chi connectivity index (χ0) is 13.3. The molecule has 0 radical (unpaired) electrons. The highest BCUT2D eigenvalue weighted by molar-refractivity contribution is 5.96. The molecule has 0 spiro atoms. The molecule has 0 N–H and O–H groups in total. The summed E-state index contributed by atoms with van der Waals surface area (Å²) >= 11 is 0. The van der Waals surface area contributed by atoms with Gasteiger partial charge in [-0.15, -0.1) is 0 Å². The standard InChI is InChI=1S/C15H15FN2O/c16-9-11-19-18-15-6-3-4-13(12-15)7-8-14-5-1-2-10-17-14/h1-2,5,10,12H,3-4,6,9,11H2/b18-15+/i16-1. The number of halogens is 1. The number of pyridine rings is 1. The fourth-order valence-corrected chi connectivity index (χ4v) is 1.72. The van der Waals surface area contributed by atoms with Crippen LogP contribution >= 0.6 is 0 Å². The maximum atomic E-state index is 11.9. The lowest BCUT2D eigenvalue weighted by atomic mass is 9.98. The Morgan fingerprint density at radius 2 is 2.26 bits per heavy atom. The van der Waals surface area contributed by atoms with Crippen LogP contribution in [0, 0.1) is 11.8 Å². The van der Waals surface area contributed by atoms with E-state index in [1.165, 1.54) is 0 Å². The molecule has 19 heavy (non-hydrogen) atoms. The Balaban J connectivity index is 2.04. The highest BCUT2D eigenvalue weighted by atomic mass is 18.2. The summed E-state index contributed by atoms with van der Waals surface area (Å²) in [5.74, 6) is 6.11. The first-order chi connectivity index (χ1) is 9.38. The average Bonchev–Trinajstić information content (AvgIpc) is 2.47. The maximum absolute atomic E-state index is 11.9. The fraction of sp³-hybridized carbons (Fsp3) is 0.333. The van der Waals surface area contributed by atoms with E-state index in [1.807, 2.05) is 24.3 Å². The third-order valence-corrected chi connectivity index (χ3v) is 2.59. The van der Waals surface area contributed by atoms with Crippen LogP contribution in [0.15, 0.2) is 41.2 Å². The topological polar surface area (TPSA) is 34.5 Å². The Labute approximate surface area is 112 Å². The van der Waals surface area contributed by atoms with Crippen LogP contribution in [-0.4, -0.2) is 24.0 Å². The van der Waals surface area contributed by atoms with Gasteiger partial charge in [0.2, 0.25) is 0 Å². The first-order valence-electron chi connectivity index (χ1n) is 6.27. The molecule has 1 aliphatic rings. The predicted octanol–water partition coefficient (Wildman–Crippen LogP) is 2.89. The number of allylic oxidation sites excluding steroid dienone is 2. The van der Waals surface area contributed by atoms with Gasteiger partial charge in [0.1, 0.15) is 19.0 Å². The van der Waals surface area contributed by atoms with Crippen molar-refractivity contribution >= 4 is 5.71 Å². The van der Waals surface area contributed by atoms with Crippen molar-refractivity contribution in [2.45, 2.75) is 19.3 Å². The van der Waals surface area contributed by atoms with E-state index in [2.05, 4.69) is 22.0 Å². The van der Waals surface area contributed by atoms with Gasteiger partial charge in [0, 0.05) is 11.8 Å². The van der Waals surface area contributed by atoms with Gasteiger partial charge in [-0.1, -0.05) is 17.1 Å². The average molecular weight is 257 g/mol. The molecule has 0 aliphatic heterocycles. The molecule has 2 rings (SSSR count). The van der Waals surface area contributed by atoms with Crippen molar-refractivity contribution in [1.82, 2.24) is 4.98 Å². The van der Waals surface area contributed by atoms with Crippen LogP contribution in [0.5, 0.6) is 0 Å². The highest BCUT2D eigenvalue weighted by Crippen LogP contribution is 2.15. The minimum atomic E-state index is -0.521. The van der Waals surface area contributed by atoms with E-state index in [9.17, 15) is 4.39 Å². The van der Waals surface area contributed by atoms with Crippen molar-refractivity contribution in [3.63, 3.8) is 0 Å². The van der Waals surface area contributed by atoms with Crippen LogP contribution in [0.2, 0.25) is 0 Å². The Morgan fingerprint density at radius 1 is 1.32 bits per heavy atom. The van der Waals surface area contributed by atoms with E-state index in [-0.39, 0.29) is 6.61 Å². The second-order valence-corrected chi connectivity index (χ2v) is 4.09. The second kappa shape index (κ2) is 7.32. The molecule has 0 saturated carbocycles. The third-order valence-electron chi connectivity index (χ3n) is 2.59. The quantitative estimate of drug-likeness (QED) is 0.474. The summed E-state index contributed by atoms with van der Waals surface area (Å²) in [6.45, 7) is -0.515. The van der Waals surface area contributed by atoms with E-state index in [1.54, 1.807) is 6.20 Å². The smallest absolute Gasteiger partial charge is 0.145 e. The number of oxime groups is 1. The van der Waals surface area contributed by atoms with Crippen molar-refractivity contribution in [3.8, 4) is 11.8 Å². The molecule has 0 saturated heterocycles. The van der Waals surface area contributed by atoms with Gasteiger partial charge in [-0.2, -0.15) is 0 Å². The summed E-state index contributed by atoms with van der Waals surface area (Å²) in [5.41, 5.74) is 2.59. The first kappa shape index (κ1) is 13.3. The van der Waals surface area contributed by atoms with Gasteiger partial charge in [-0.05, 0) is 43.4 Å². The highest BCUT2D eigenvalue weighted by Gasteiger charge is 2.07. The lowest BCUT2D eigenvalue weighted by Crippen LogP contribution is -2.04. The van der Waals surface area contributed by atoms with E-state index in [4.69, 9.17) is 4.84 Å². The maximum Gasteiger partial charge on any atom is 0.145 e. The SMILES string of the molecule is [18F]CCO/N=C1/C=C(C#Cc2ccccn2)CCC1. The molecule has 0 amide bonds. The van der Waals surface area contributed by atoms with Gasteiger partial charge in [0.25, 0.3) is 0 Å². The molecule has 0 unspecified atom stereocenters. The molecule has 0 fully saturated rings. The fourth-order valence-electron chi connectivity index (χ4n) is 1.72. The molecule has 4 heteroatoms. The zero-order valence-electron chi connectivity index (χ0n) is 10.6. The van der Waals surface area contributed by atoms with E-state index in [0.29, 0.717) is 0 Å². The largest absolute Gasteiger partial charge is 0.393 e. The van der Waals surface area contributed by atoms with Gasteiger partial charge in [0.05, 0.1) is 5.71 Å². The Hall–Kier alpha value is -2.15. The number of hydrogen-bond acceptors (Lipinski definition) is 3. The minimum Gasteiger partial charge on any atom is -0.393 e. The van der Waals surface area contributed by atoms with Gasteiger partial charge in [-0.25, -0.2) is 9.37 Å². The van der Waals surface area contributed by atoms with Crippen LogP contribution in [0.4, 0.5) is 4.39 Å². The van der Waals surface area contributed by atoms with Crippen LogP contribution in [0.3, 0.4) is 0 Å². The van der Waals surface area contributed by atoms with Crippen molar-refractivity contribution in [3.05, 3.63) is 41.7 Å². The number of rotatable bonds is 3. The molecule has 0 aromatic carbocycles. The summed E-state index contributed by atoms with van der Waals surface area (Å²) in [4.78, 5) is 8.99. The van der Waals surface area contributed by atoms with Crippen LogP contribution in [-0.2, 0) is 4.84 Å². The molecular weight excluding hydrogens is 242 g/mol. The van der Waals surface area contributed by atoms with Crippen molar-refractivity contribution in [2.24, 2.45) is 5.16 Å². The minimum absolute atomic E-state index is 0.00624. The monoisotopic (exact) mass is 257 g/mol. The number of hydrogen-bond donors (Lipinski definition) is 0.